The number of benzene rings is 1. The van der Waals surface area contributed by atoms with Crippen LogP contribution in [0.4, 0.5) is 0 Å². The topological polar surface area (TPSA) is 84.2 Å². The molecule has 0 radical (unpaired) electrons. The first-order valence-electron chi connectivity index (χ1n) is 7.71. The van der Waals surface area contributed by atoms with Gasteiger partial charge in [-0.15, -0.1) is 11.3 Å². The lowest BCUT2D eigenvalue weighted by Crippen LogP contribution is -2.36. The van der Waals surface area contributed by atoms with Crippen LogP contribution in [0.1, 0.15) is 21.8 Å². The van der Waals surface area contributed by atoms with E-state index in [1.807, 2.05) is 24.4 Å². The molecule has 0 saturated heterocycles. The summed E-state index contributed by atoms with van der Waals surface area (Å²) in [5.41, 5.74) is 2.43. The van der Waals surface area contributed by atoms with Gasteiger partial charge >= 0.3 is 0 Å². The molecule has 0 saturated carbocycles. The van der Waals surface area contributed by atoms with Gasteiger partial charge in [-0.1, -0.05) is 12.1 Å². The number of nitrogens with one attached hydrogen (secondary N) is 2. The average molecular weight is 355 g/mol. The lowest BCUT2D eigenvalue weighted by Gasteiger charge is -2.06. The van der Waals surface area contributed by atoms with Gasteiger partial charge in [0.25, 0.3) is 5.91 Å². The highest BCUT2D eigenvalue weighted by Crippen LogP contribution is 2.23. The van der Waals surface area contributed by atoms with E-state index in [1.54, 1.807) is 41.9 Å². The molecule has 0 aliphatic carbocycles. The van der Waals surface area contributed by atoms with Crippen LogP contribution < -0.4 is 10.6 Å². The van der Waals surface area contributed by atoms with E-state index in [0.717, 1.165) is 16.3 Å². The van der Waals surface area contributed by atoms with Crippen molar-refractivity contribution < 1.29 is 14.0 Å². The molecule has 0 spiro atoms. The summed E-state index contributed by atoms with van der Waals surface area (Å²) in [5.74, 6) is 0.0855. The minimum absolute atomic E-state index is 0.0903. The Morgan fingerprint density at radius 1 is 1.16 bits per heavy atom. The van der Waals surface area contributed by atoms with E-state index < -0.39 is 0 Å². The number of carbonyl (C=O) groups is 2. The van der Waals surface area contributed by atoms with Crippen molar-refractivity contribution in [1.29, 1.82) is 0 Å². The van der Waals surface area contributed by atoms with Crippen LogP contribution in [-0.2, 0) is 11.3 Å². The van der Waals surface area contributed by atoms with Gasteiger partial charge in [-0.25, -0.2) is 4.98 Å². The highest BCUT2D eigenvalue weighted by molar-refractivity contribution is 7.13. The number of aryl methyl sites for hydroxylation is 1. The molecule has 2 amide bonds. The molecule has 1 aromatic carbocycles. The van der Waals surface area contributed by atoms with E-state index in [4.69, 9.17) is 4.42 Å². The maximum absolute atomic E-state index is 12.1. The van der Waals surface area contributed by atoms with Crippen LogP contribution in [0, 0.1) is 6.92 Å². The number of aromatic nitrogens is 1. The molecule has 0 unspecified atom stereocenters. The van der Waals surface area contributed by atoms with Crippen molar-refractivity contribution >= 4 is 23.2 Å². The molecule has 2 N–H and O–H groups in total. The van der Waals surface area contributed by atoms with Crippen molar-refractivity contribution in [2.24, 2.45) is 0 Å². The van der Waals surface area contributed by atoms with E-state index in [9.17, 15) is 9.59 Å². The molecule has 0 bridgehead atoms. The molecule has 3 rings (SSSR count). The smallest absolute Gasteiger partial charge is 0.251 e. The molecule has 25 heavy (non-hydrogen) atoms. The van der Waals surface area contributed by atoms with Crippen LogP contribution in [0.25, 0.3) is 10.6 Å². The Labute approximate surface area is 148 Å². The second-order valence-corrected chi connectivity index (χ2v) is 6.27. The SMILES string of the molecule is Cc1csc(-c2ccc(C(=O)NCC(=O)NCc3ccco3)cc2)n1. The number of furan rings is 1. The number of hydrogen-bond acceptors (Lipinski definition) is 5. The lowest BCUT2D eigenvalue weighted by molar-refractivity contribution is -0.120. The fourth-order valence-electron chi connectivity index (χ4n) is 2.17. The van der Waals surface area contributed by atoms with Gasteiger partial charge < -0.3 is 15.1 Å². The molecule has 128 valence electrons. The van der Waals surface area contributed by atoms with Gasteiger partial charge in [0.05, 0.1) is 19.4 Å². The van der Waals surface area contributed by atoms with Crippen molar-refractivity contribution in [1.82, 2.24) is 15.6 Å². The summed E-state index contributed by atoms with van der Waals surface area (Å²) in [5, 5.41) is 8.17. The number of amides is 2. The quantitative estimate of drug-likeness (QED) is 0.712. The summed E-state index contributed by atoms with van der Waals surface area (Å²) in [7, 11) is 0. The third kappa shape index (κ3) is 4.54. The van der Waals surface area contributed by atoms with Crippen molar-refractivity contribution in [3.05, 3.63) is 65.1 Å². The van der Waals surface area contributed by atoms with E-state index in [2.05, 4.69) is 15.6 Å². The molecular formula is C18H17N3O3S. The van der Waals surface area contributed by atoms with E-state index >= 15 is 0 Å². The molecular weight excluding hydrogens is 338 g/mol. The molecule has 0 aliphatic rings. The standard InChI is InChI=1S/C18H17N3O3S/c1-12-11-25-18(21-12)14-6-4-13(5-7-14)17(23)20-10-16(22)19-9-15-3-2-8-24-15/h2-8,11H,9-10H2,1H3,(H,19,22)(H,20,23). The van der Waals surface area contributed by atoms with Gasteiger partial charge in [-0.3, -0.25) is 9.59 Å². The molecule has 3 aromatic rings. The van der Waals surface area contributed by atoms with Gasteiger partial charge in [-0.05, 0) is 31.2 Å². The molecule has 2 aromatic heterocycles. The van der Waals surface area contributed by atoms with Gasteiger partial charge in [0.1, 0.15) is 10.8 Å². The Morgan fingerprint density at radius 3 is 2.60 bits per heavy atom. The summed E-state index contributed by atoms with van der Waals surface area (Å²) < 4.78 is 5.12. The predicted molar refractivity (Wildman–Crippen MR) is 95.2 cm³/mol. The second-order valence-electron chi connectivity index (χ2n) is 5.41. The third-order valence-corrected chi connectivity index (χ3v) is 4.47. The van der Waals surface area contributed by atoms with Crippen LogP contribution in [0.5, 0.6) is 0 Å². The third-order valence-electron chi connectivity index (χ3n) is 3.46. The summed E-state index contributed by atoms with van der Waals surface area (Å²) in [6.07, 6.45) is 1.54. The van der Waals surface area contributed by atoms with Gasteiger partial charge in [-0.2, -0.15) is 0 Å². The molecule has 7 heteroatoms. The number of nitrogens with zero attached hydrogens (tertiary/aromatic N) is 1. The van der Waals surface area contributed by atoms with Gasteiger partial charge in [0.15, 0.2) is 0 Å². The number of thiazole rings is 1. The zero-order chi connectivity index (χ0) is 17.6. The van der Waals surface area contributed by atoms with Crippen molar-refractivity contribution in [3.8, 4) is 10.6 Å². The Hall–Kier alpha value is -2.93. The predicted octanol–water partition coefficient (Wildman–Crippen LogP) is 2.76. The number of rotatable bonds is 6. The molecule has 6 nitrogen and oxygen atoms in total. The average Bonchev–Trinajstić information content (AvgIpc) is 3.29. The zero-order valence-corrected chi connectivity index (χ0v) is 14.4. The zero-order valence-electron chi connectivity index (χ0n) is 13.6. The fourth-order valence-corrected chi connectivity index (χ4v) is 2.98. The number of carbonyl (C=O) groups excluding carboxylic acids is 2. The minimum Gasteiger partial charge on any atom is -0.467 e. The minimum atomic E-state index is -0.296. The summed E-state index contributed by atoms with van der Waals surface area (Å²) in [4.78, 5) is 28.3. The summed E-state index contributed by atoms with van der Waals surface area (Å²) >= 11 is 1.56. The van der Waals surface area contributed by atoms with Gasteiger partial charge in [0.2, 0.25) is 5.91 Å². The monoisotopic (exact) mass is 355 g/mol. The summed E-state index contributed by atoms with van der Waals surface area (Å²) in [6, 6.07) is 10.7. The van der Waals surface area contributed by atoms with Crippen LogP contribution in [0.3, 0.4) is 0 Å². The highest BCUT2D eigenvalue weighted by Gasteiger charge is 2.09. The van der Waals surface area contributed by atoms with Crippen LogP contribution in [-0.4, -0.2) is 23.3 Å². The Kier molecular flexibility index (Phi) is 5.25. The molecule has 0 fully saturated rings. The number of hydrogen-bond donors (Lipinski definition) is 2. The van der Waals surface area contributed by atoms with Crippen LogP contribution in [0.2, 0.25) is 0 Å². The fraction of sp³-hybridized carbons (Fsp3) is 0.167. The molecule has 0 atom stereocenters. The van der Waals surface area contributed by atoms with Crippen LogP contribution in [0.15, 0.2) is 52.5 Å². The maximum Gasteiger partial charge on any atom is 0.251 e. The second kappa shape index (κ2) is 7.76. The Morgan fingerprint density at radius 2 is 1.96 bits per heavy atom. The normalized spacial score (nSPS) is 10.4. The van der Waals surface area contributed by atoms with Crippen molar-refractivity contribution in [2.75, 3.05) is 6.54 Å². The Balaban J connectivity index is 1.50. The molecule has 2 heterocycles. The summed E-state index contributed by atoms with van der Waals surface area (Å²) in [6.45, 7) is 2.15. The highest BCUT2D eigenvalue weighted by atomic mass is 32.1. The maximum atomic E-state index is 12.1. The van der Waals surface area contributed by atoms with Crippen molar-refractivity contribution in [3.63, 3.8) is 0 Å². The Bertz CT molecular complexity index is 854. The molecule has 0 aliphatic heterocycles. The largest absolute Gasteiger partial charge is 0.467 e. The lowest BCUT2D eigenvalue weighted by atomic mass is 10.1. The van der Waals surface area contributed by atoms with Gasteiger partial charge in [0, 0.05) is 22.2 Å². The first kappa shape index (κ1) is 16.9. The first-order chi connectivity index (χ1) is 12.1. The van der Waals surface area contributed by atoms with Crippen molar-refractivity contribution in [2.45, 2.75) is 13.5 Å². The van der Waals surface area contributed by atoms with Crippen LogP contribution >= 0.6 is 11.3 Å². The van der Waals surface area contributed by atoms with E-state index in [-0.39, 0.29) is 18.4 Å². The first-order valence-corrected chi connectivity index (χ1v) is 8.59. The van der Waals surface area contributed by atoms with E-state index in [0.29, 0.717) is 17.9 Å². The van der Waals surface area contributed by atoms with E-state index in [1.165, 1.54) is 0 Å².